The number of benzene rings is 1. The van der Waals surface area contributed by atoms with E-state index in [1.54, 1.807) is 18.2 Å². The van der Waals surface area contributed by atoms with Gasteiger partial charge in [0.1, 0.15) is 0 Å². The lowest BCUT2D eigenvalue weighted by molar-refractivity contribution is -0.155. The van der Waals surface area contributed by atoms with Crippen molar-refractivity contribution in [2.75, 3.05) is 6.54 Å². The van der Waals surface area contributed by atoms with Crippen molar-refractivity contribution in [3.8, 4) is 11.5 Å². The molecule has 2 N–H and O–H groups in total. The molecule has 6 nitrogen and oxygen atoms in total. The van der Waals surface area contributed by atoms with Crippen LogP contribution in [0, 0.1) is 22.7 Å². The van der Waals surface area contributed by atoms with E-state index in [1.807, 2.05) is 34.6 Å². The van der Waals surface area contributed by atoms with E-state index < -0.39 is 16.9 Å². The molecule has 32 heavy (non-hydrogen) atoms. The first-order valence-electron chi connectivity index (χ1n) is 11.7. The molecule has 0 saturated heterocycles. The molecule has 2 saturated carbocycles. The van der Waals surface area contributed by atoms with E-state index in [0.717, 1.165) is 25.7 Å². The largest absolute Gasteiger partial charge is 0.422 e. The van der Waals surface area contributed by atoms with Crippen LogP contribution in [-0.4, -0.2) is 29.1 Å². The molecule has 0 aliphatic heterocycles. The van der Waals surface area contributed by atoms with Crippen LogP contribution in [0.3, 0.4) is 0 Å². The van der Waals surface area contributed by atoms with Crippen LogP contribution in [0.15, 0.2) is 18.2 Å². The Morgan fingerprint density at radius 1 is 1.00 bits per heavy atom. The van der Waals surface area contributed by atoms with Crippen molar-refractivity contribution in [2.24, 2.45) is 22.7 Å². The fraction of sp³-hybridized carbons (Fsp3) is 0.692. The molecule has 1 aromatic rings. The number of aliphatic hydroxyl groups is 1. The molecule has 0 aromatic heterocycles. The van der Waals surface area contributed by atoms with Crippen LogP contribution in [0.25, 0.3) is 0 Å². The van der Waals surface area contributed by atoms with E-state index >= 15 is 0 Å². The normalized spacial score (nSPS) is 30.6. The van der Waals surface area contributed by atoms with Gasteiger partial charge in [-0.3, -0.25) is 9.59 Å². The van der Waals surface area contributed by atoms with E-state index in [-0.39, 0.29) is 29.0 Å². The van der Waals surface area contributed by atoms with Gasteiger partial charge in [0.2, 0.25) is 0 Å². The van der Waals surface area contributed by atoms with E-state index in [9.17, 15) is 14.7 Å². The molecule has 0 spiro atoms. The molecule has 2 fully saturated rings. The molecule has 3 rings (SSSR count). The summed E-state index contributed by atoms with van der Waals surface area (Å²) in [5.74, 6) is 0.766. The Kier molecular flexibility index (Phi) is 6.79. The smallest absolute Gasteiger partial charge is 0.317 e. The van der Waals surface area contributed by atoms with Gasteiger partial charge in [0.25, 0.3) is 0 Å². The summed E-state index contributed by atoms with van der Waals surface area (Å²) in [4.78, 5) is 25.7. The van der Waals surface area contributed by atoms with Crippen molar-refractivity contribution in [1.29, 1.82) is 0 Å². The number of β-amino-alcohol motifs (C(OH)–C–C–N with tert-alkyl or cyclic N) is 1. The standard InChI is InChI=1S/C26H39NO5/c1-16-11-25(6,12-16)22(29)31-20-9-8-18(19(28)15-27-24(3,4)5)10-21(20)32-23(30)26(7)13-17(2)14-26/h8-10,16-17,19,27-28H,11-15H2,1-7H3. The summed E-state index contributed by atoms with van der Waals surface area (Å²) in [6.07, 6.45) is 2.32. The van der Waals surface area contributed by atoms with E-state index in [1.165, 1.54) is 0 Å². The highest BCUT2D eigenvalue weighted by Crippen LogP contribution is 2.48. The molecule has 178 valence electrons. The topological polar surface area (TPSA) is 84.9 Å². The number of ether oxygens (including phenoxy) is 2. The van der Waals surface area contributed by atoms with Crippen LogP contribution in [-0.2, 0) is 9.59 Å². The van der Waals surface area contributed by atoms with Crippen LogP contribution in [0.1, 0.15) is 85.8 Å². The number of hydrogen-bond donors (Lipinski definition) is 2. The molecule has 2 aliphatic carbocycles. The third kappa shape index (κ3) is 5.52. The number of carbonyl (C=O) groups excluding carboxylic acids is 2. The van der Waals surface area contributed by atoms with Crippen LogP contribution in [0.4, 0.5) is 0 Å². The third-order valence-electron chi connectivity index (χ3n) is 6.77. The predicted octanol–water partition coefficient (Wildman–Crippen LogP) is 4.79. The lowest BCUT2D eigenvalue weighted by atomic mass is 9.64. The van der Waals surface area contributed by atoms with E-state index in [0.29, 0.717) is 23.9 Å². The van der Waals surface area contributed by atoms with Gasteiger partial charge in [-0.05, 0) is 89.8 Å². The number of rotatable bonds is 7. The maximum atomic E-state index is 12.9. The average Bonchev–Trinajstić information content (AvgIpc) is 2.64. The van der Waals surface area contributed by atoms with Crippen molar-refractivity contribution in [3.05, 3.63) is 23.8 Å². The second-order valence-corrected chi connectivity index (χ2v) is 11.8. The maximum Gasteiger partial charge on any atom is 0.317 e. The zero-order valence-corrected chi connectivity index (χ0v) is 20.6. The number of esters is 2. The SMILES string of the molecule is CC1CC(C)(C(=O)Oc2ccc(C(O)CNC(C)(C)C)cc2OC(=O)C2(C)CC(C)C2)C1. The predicted molar refractivity (Wildman–Crippen MR) is 123 cm³/mol. The van der Waals surface area contributed by atoms with Crippen molar-refractivity contribution in [3.63, 3.8) is 0 Å². The first-order chi connectivity index (χ1) is 14.7. The van der Waals surface area contributed by atoms with Crippen molar-refractivity contribution in [2.45, 2.75) is 85.8 Å². The summed E-state index contributed by atoms with van der Waals surface area (Å²) >= 11 is 0. The molecule has 1 aromatic carbocycles. The summed E-state index contributed by atoms with van der Waals surface area (Å²) < 4.78 is 11.5. The van der Waals surface area contributed by atoms with Crippen molar-refractivity contribution < 1.29 is 24.2 Å². The van der Waals surface area contributed by atoms with Crippen LogP contribution in [0.5, 0.6) is 11.5 Å². The van der Waals surface area contributed by atoms with Crippen molar-refractivity contribution in [1.82, 2.24) is 5.32 Å². The zero-order chi connectivity index (χ0) is 23.9. The van der Waals surface area contributed by atoms with Gasteiger partial charge in [-0.2, -0.15) is 0 Å². The van der Waals surface area contributed by atoms with Gasteiger partial charge in [0.15, 0.2) is 11.5 Å². The van der Waals surface area contributed by atoms with Crippen LogP contribution >= 0.6 is 0 Å². The third-order valence-corrected chi connectivity index (χ3v) is 6.77. The molecular formula is C26H39NO5. The number of aliphatic hydroxyl groups excluding tert-OH is 1. The molecule has 6 heteroatoms. The Bertz CT molecular complexity index is 859. The Hall–Kier alpha value is -1.92. The Labute approximate surface area is 192 Å². The minimum atomic E-state index is -0.791. The molecule has 0 bridgehead atoms. The molecule has 1 atom stereocenters. The zero-order valence-electron chi connectivity index (χ0n) is 20.6. The van der Waals surface area contributed by atoms with Gasteiger partial charge in [-0.15, -0.1) is 0 Å². The van der Waals surface area contributed by atoms with Crippen LogP contribution < -0.4 is 14.8 Å². The van der Waals surface area contributed by atoms with Gasteiger partial charge in [-0.1, -0.05) is 19.9 Å². The molecular weight excluding hydrogens is 406 g/mol. The highest BCUT2D eigenvalue weighted by Gasteiger charge is 2.47. The molecule has 2 aliphatic rings. The van der Waals surface area contributed by atoms with Crippen molar-refractivity contribution >= 4 is 11.9 Å². The monoisotopic (exact) mass is 445 g/mol. The molecule has 0 heterocycles. The number of carbonyl (C=O) groups is 2. The summed E-state index contributed by atoms with van der Waals surface area (Å²) in [6.45, 7) is 14.5. The second kappa shape index (κ2) is 8.79. The molecule has 0 amide bonds. The van der Waals surface area contributed by atoms with Gasteiger partial charge < -0.3 is 19.9 Å². The first kappa shape index (κ1) is 24.7. The van der Waals surface area contributed by atoms with Gasteiger partial charge >= 0.3 is 11.9 Å². The first-order valence-corrected chi connectivity index (χ1v) is 11.7. The Balaban J connectivity index is 1.81. The van der Waals surface area contributed by atoms with Gasteiger partial charge in [-0.25, -0.2) is 0 Å². The minimum absolute atomic E-state index is 0.142. The fourth-order valence-electron chi connectivity index (χ4n) is 5.15. The summed E-state index contributed by atoms with van der Waals surface area (Å²) in [5, 5.41) is 13.9. The maximum absolute atomic E-state index is 12.9. The van der Waals surface area contributed by atoms with Crippen LogP contribution in [0.2, 0.25) is 0 Å². The molecule has 1 unspecified atom stereocenters. The molecule has 0 radical (unpaired) electrons. The summed E-state index contributed by atoms with van der Waals surface area (Å²) in [7, 11) is 0. The average molecular weight is 446 g/mol. The lowest BCUT2D eigenvalue weighted by Crippen LogP contribution is -2.43. The Morgan fingerprint density at radius 3 is 1.91 bits per heavy atom. The second-order valence-electron chi connectivity index (χ2n) is 11.8. The number of nitrogens with one attached hydrogen (secondary N) is 1. The minimum Gasteiger partial charge on any atom is -0.422 e. The van der Waals surface area contributed by atoms with E-state index in [4.69, 9.17) is 9.47 Å². The summed E-state index contributed by atoms with van der Waals surface area (Å²) in [6, 6.07) is 4.95. The fourth-order valence-corrected chi connectivity index (χ4v) is 5.15. The van der Waals surface area contributed by atoms with E-state index in [2.05, 4.69) is 19.2 Å². The quantitative estimate of drug-likeness (QED) is 0.464. The Morgan fingerprint density at radius 2 is 1.47 bits per heavy atom. The highest BCUT2D eigenvalue weighted by molar-refractivity contribution is 5.83. The van der Waals surface area contributed by atoms with Gasteiger partial charge in [0.05, 0.1) is 16.9 Å². The van der Waals surface area contributed by atoms with Gasteiger partial charge in [0, 0.05) is 12.1 Å². The lowest BCUT2D eigenvalue weighted by Gasteiger charge is -2.41. The number of hydrogen-bond acceptors (Lipinski definition) is 6. The highest BCUT2D eigenvalue weighted by atomic mass is 16.6. The summed E-state index contributed by atoms with van der Waals surface area (Å²) in [5.41, 5.74) is -0.583.